The lowest BCUT2D eigenvalue weighted by Gasteiger charge is -2.13. The summed E-state index contributed by atoms with van der Waals surface area (Å²) in [6.45, 7) is 0.230. The molecule has 0 bridgehead atoms. The van der Waals surface area contributed by atoms with E-state index in [2.05, 4.69) is 29.0 Å². The van der Waals surface area contributed by atoms with Gasteiger partial charge in [-0.1, -0.05) is 30.3 Å². The molecule has 0 amide bonds. The van der Waals surface area contributed by atoms with Gasteiger partial charge in [0.25, 0.3) is 0 Å². The molecule has 0 aliphatic carbocycles. The van der Waals surface area contributed by atoms with Crippen LogP contribution in [0.1, 0.15) is 23.5 Å². The zero-order valence-electron chi connectivity index (χ0n) is 9.17. The molecule has 2 aromatic rings. The van der Waals surface area contributed by atoms with Gasteiger partial charge in [-0.15, -0.1) is 0 Å². The summed E-state index contributed by atoms with van der Waals surface area (Å²) in [6.07, 6.45) is 2.06. The van der Waals surface area contributed by atoms with Crippen LogP contribution >= 0.6 is 11.3 Å². The summed E-state index contributed by atoms with van der Waals surface area (Å²) in [5, 5.41) is 13.7. The van der Waals surface area contributed by atoms with Crippen molar-refractivity contribution in [3.8, 4) is 0 Å². The highest BCUT2D eigenvalue weighted by Gasteiger charge is 2.09. The number of hydrogen-bond acceptors (Lipinski definition) is 2. The first-order valence-corrected chi connectivity index (χ1v) is 6.51. The molecule has 2 rings (SSSR count). The number of rotatable bonds is 5. The quantitative estimate of drug-likeness (QED) is 0.837. The van der Waals surface area contributed by atoms with Crippen molar-refractivity contribution < 1.29 is 5.11 Å². The Kier molecular flexibility index (Phi) is 4.14. The normalized spacial score (nSPS) is 12.6. The van der Waals surface area contributed by atoms with E-state index in [4.69, 9.17) is 0 Å². The first kappa shape index (κ1) is 11.4. The monoisotopic (exact) mass is 232 g/mol. The molecule has 0 spiro atoms. The van der Waals surface area contributed by atoms with Crippen LogP contribution in [0, 0.1) is 0 Å². The van der Waals surface area contributed by atoms with Crippen LogP contribution in [0.2, 0.25) is 0 Å². The van der Waals surface area contributed by atoms with Crippen molar-refractivity contribution in [2.24, 2.45) is 0 Å². The topological polar surface area (TPSA) is 20.2 Å². The third kappa shape index (κ3) is 2.94. The maximum atomic E-state index is 9.41. The summed E-state index contributed by atoms with van der Waals surface area (Å²) in [6, 6.07) is 12.4. The van der Waals surface area contributed by atoms with E-state index in [1.54, 1.807) is 11.3 Å². The van der Waals surface area contributed by atoms with Gasteiger partial charge in [-0.3, -0.25) is 0 Å². The van der Waals surface area contributed by atoms with Crippen molar-refractivity contribution >= 4 is 11.3 Å². The highest BCUT2D eigenvalue weighted by molar-refractivity contribution is 7.07. The fraction of sp³-hybridized carbons (Fsp3) is 0.286. The minimum absolute atomic E-state index is 0.230. The molecule has 0 saturated carbocycles. The zero-order chi connectivity index (χ0) is 11.2. The molecule has 1 aromatic heterocycles. The predicted octanol–water partition coefficient (Wildman–Crippen LogP) is 3.46. The van der Waals surface area contributed by atoms with Crippen LogP contribution in [0.25, 0.3) is 0 Å². The predicted molar refractivity (Wildman–Crippen MR) is 68.9 cm³/mol. The van der Waals surface area contributed by atoms with Gasteiger partial charge < -0.3 is 5.11 Å². The number of hydrogen-bond donors (Lipinski definition) is 1. The molecule has 0 radical (unpaired) electrons. The second-order valence-corrected chi connectivity index (χ2v) is 4.74. The first-order valence-electron chi connectivity index (χ1n) is 5.57. The summed E-state index contributed by atoms with van der Waals surface area (Å²) in [5.74, 6) is 0.265. The molecule has 0 fully saturated rings. The van der Waals surface area contributed by atoms with E-state index in [1.807, 2.05) is 18.2 Å². The van der Waals surface area contributed by atoms with Gasteiger partial charge in [-0.25, -0.2) is 0 Å². The van der Waals surface area contributed by atoms with Crippen LogP contribution in [0.3, 0.4) is 0 Å². The van der Waals surface area contributed by atoms with Crippen molar-refractivity contribution in [3.05, 3.63) is 58.3 Å². The lowest BCUT2D eigenvalue weighted by Crippen LogP contribution is -2.05. The molecule has 0 aliphatic rings. The van der Waals surface area contributed by atoms with Gasteiger partial charge in [0.05, 0.1) is 0 Å². The number of benzene rings is 1. The van der Waals surface area contributed by atoms with Crippen LogP contribution in [0.4, 0.5) is 0 Å². The number of aryl methyl sites for hydroxylation is 1. The molecule has 2 heteroatoms. The molecule has 16 heavy (non-hydrogen) atoms. The zero-order valence-corrected chi connectivity index (χ0v) is 9.99. The van der Waals surface area contributed by atoms with E-state index in [9.17, 15) is 5.11 Å². The van der Waals surface area contributed by atoms with E-state index < -0.39 is 0 Å². The number of aliphatic hydroxyl groups excluding tert-OH is 1. The molecule has 0 aliphatic heterocycles. The third-order valence-corrected chi connectivity index (χ3v) is 3.58. The maximum absolute atomic E-state index is 9.41. The maximum Gasteiger partial charge on any atom is 0.0499 e. The lowest BCUT2D eigenvalue weighted by molar-refractivity contribution is 0.259. The standard InChI is InChI=1S/C14H16OS/c15-10-14(13-4-2-1-3-5-13)7-6-12-8-9-16-11-12/h1-5,8-9,11,14-15H,6-7,10H2. The van der Waals surface area contributed by atoms with Crippen molar-refractivity contribution in [1.82, 2.24) is 0 Å². The average molecular weight is 232 g/mol. The van der Waals surface area contributed by atoms with Gasteiger partial charge in [0, 0.05) is 12.5 Å². The van der Waals surface area contributed by atoms with Crippen molar-refractivity contribution in [1.29, 1.82) is 0 Å². The minimum Gasteiger partial charge on any atom is -0.396 e. The summed E-state index contributed by atoms with van der Waals surface area (Å²) in [7, 11) is 0. The molecule has 1 atom stereocenters. The highest BCUT2D eigenvalue weighted by atomic mass is 32.1. The molecule has 84 valence electrons. The minimum atomic E-state index is 0.230. The third-order valence-electron chi connectivity index (χ3n) is 2.85. The Balaban J connectivity index is 1.96. The van der Waals surface area contributed by atoms with Crippen LogP contribution in [0.15, 0.2) is 47.2 Å². The molecular formula is C14H16OS. The van der Waals surface area contributed by atoms with Crippen LogP contribution in [-0.4, -0.2) is 11.7 Å². The van der Waals surface area contributed by atoms with Gasteiger partial charge >= 0.3 is 0 Å². The van der Waals surface area contributed by atoms with Gasteiger partial charge in [0.15, 0.2) is 0 Å². The van der Waals surface area contributed by atoms with Gasteiger partial charge in [0.1, 0.15) is 0 Å². The average Bonchev–Trinajstić information content (AvgIpc) is 2.84. The largest absolute Gasteiger partial charge is 0.396 e. The van der Waals surface area contributed by atoms with Crippen LogP contribution in [-0.2, 0) is 6.42 Å². The fourth-order valence-corrected chi connectivity index (χ4v) is 2.57. The van der Waals surface area contributed by atoms with E-state index in [-0.39, 0.29) is 12.5 Å². The molecule has 1 unspecified atom stereocenters. The SMILES string of the molecule is OCC(CCc1ccsc1)c1ccccc1. The van der Waals surface area contributed by atoms with E-state index in [1.165, 1.54) is 11.1 Å². The second kappa shape index (κ2) is 5.83. The summed E-state index contributed by atoms with van der Waals surface area (Å²) in [4.78, 5) is 0. The number of thiophene rings is 1. The van der Waals surface area contributed by atoms with Crippen molar-refractivity contribution in [3.63, 3.8) is 0 Å². The molecular weight excluding hydrogens is 216 g/mol. The summed E-state index contributed by atoms with van der Waals surface area (Å²) in [5.41, 5.74) is 2.61. The van der Waals surface area contributed by atoms with Crippen molar-refractivity contribution in [2.75, 3.05) is 6.61 Å². The Morgan fingerprint density at radius 3 is 2.56 bits per heavy atom. The smallest absolute Gasteiger partial charge is 0.0499 e. The van der Waals surface area contributed by atoms with Gasteiger partial charge in [0.2, 0.25) is 0 Å². The van der Waals surface area contributed by atoms with Gasteiger partial charge in [-0.2, -0.15) is 11.3 Å². The van der Waals surface area contributed by atoms with Crippen LogP contribution < -0.4 is 0 Å². The lowest BCUT2D eigenvalue weighted by atomic mass is 9.94. The van der Waals surface area contributed by atoms with Crippen LogP contribution in [0.5, 0.6) is 0 Å². The first-order chi connectivity index (χ1) is 7.90. The Morgan fingerprint density at radius 2 is 1.94 bits per heavy atom. The molecule has 1 nitrogen and oxygen atoms in total. The highest BCUT2D eigenvalue weighted by Crippen LogP contribution is 2.21. The Bertz CT molecular complexity index is 394. The van der Waals surface area contributed by atoms with Crippen molar-refractivity contribution in [2.45, 2.75) is 18.8 Å². The summed E-state index contributed by atoms with van der Waals surface area (Å²) >= 11 is 1.73. The Labute approximate surface area is 100 Å². The number of aliphatic hydroxyl groups is 1. The fourth-order valence-electron chi connectivity index (χ4n) is 1.86. The molecule has 1 heterocycles. The second-order valence-electron chi connectivity index (χ2n) is 3.96. The summed E-state index contributed by atoms with van der Waals surface area (Å²) < 4.78 is 0. The molecule has 1 aromatic carbocycles. The van der Waals surface area contributed by atoms with Gasteiger partial charge in [-0.05, 0) is 40.8 Å². The van der Waals surface area contributed by atoms with E-state index >= 15 is 0 Å². The Hall–Kier alpha value is -1.12. The van der Waals surface area contributed by atoms with E-state index in [0.29, 0.717) is 0 Å². The van der Waals surface area contributed by atoms with E-state index in [0.717, 1.165) is 12.8 Å². The molecule has 1 N–H and O–H groups in total. The Morgan fingerprint density at radius 1 is 1.12 bits per heavy atom. The molecule has 0 saturated heterocycles.